The summed E-state index contributed by atoms with van der Waals surface area (Å²) in [4.78, 5) is 17.1. The monoisotopic (exact) mass is 363 g/mol. The van der Waals surface area contributed by atoms with Crippen LogP contribution in [0.4, 0.5) is 5.82 Å². The quantitative estimate of drug-likeness (QED) is 0.871. The van der Waals surface area contributed by atoms with Gasteiger partial charge >= 0.3 is 0 Å². The number of rotatable bonds is 3. The van der Waals surface area contributed by atoms with E-state index in [0.717, 1.165) is 12.3 Å². The van der Waals surface area contributed by atoms with Crippen LogP contribution in [0.15, 0.2) is 44.8 Å². The lowest BCUT2D eigenvalue weighted by Crippen LogP contribution is -2.16. The van der Waals surface area contributed by atoms with Crippen molar-refractivity contribution in [2.24, 2.45) is 0 Å². The summed E-state index contributed by atoms with van der Waals surface area (Å²) in [6.07, 6.45) is 2.51. The predicted molar refractivity (Wildman–Crippen MR) is 74.8 cm³/mol. The molecule has 2 aromatic rings. The van der Waals surface area contributed by atoms with Crippen molar-refractivity contribution in [3.05, 3.63) is 50.4 Å². The normalized spacial score (nSPS) is 11.3. The number of pyridine rings is 2. The van der Waals surface area contributed by atoms with Crippen molar-refractivity contribution < 1.29 is 8.42 Å². The van der Waals surface area contributed by atoms with Gasteiger partial charge in [0.05, 0.1) is 4.47 Å². The molecule has 0 bridgehead atoms. The Balaban J connectivity index is 2.41. The first-order chi connectivity index (χ1) is 8.90. The third kappa shape index (κ3) is 3.14. The third-order valence-corrected chi connectivity index (χ3v) is 4.37. The van der Waals surface area contributed by atoms with E-state index < -0.39 is 15.6 Å². The summed E-state index contributed by atoms with van der Waals surface area (Å²) in [5.74, 6) is 0.143. The zero-order valence-corrected chi connectivity index (χ0v) is 12.4. The van der Waals surface area contributed by atoms with E-state index in [-0.39, 0.29) is 15.7 Å². The number of hydrogen-bond donors (Lipinski definition) is 2. The molecule has 6 nitrogen and oxygen atoms in total. The maximum absolute atomic E-state index is 12.1. The molecule has 0 saturated heterocycles. The van der Waals surface area contributed by atoms with E-state index in [2.05, 4.69) is 30.6 Å². The highest BCUT2D eigenvalue weighted by Crippen LogP contribution is 2.22. The van der Waals surface area contributed by atoms with Gasteiger partial charge < -0.3 is 4.98 Å². The van der Waals surface area contributed by atoms with Gasteiger partial charge in [-0.1, -0.05) is 11.6 Å². The molecule has 100 valence electrons. The molecule has 2 N–H and O–H groups in total. The number of halogens is 2. The minimum absolute atomic E-state index is 0.143. The Bertz CT molecular complexity index is 776. The molecule has 0 spiro atoms. The van der Waals surface area contributed by atoms with Crippen molar-refractivity contribution in [1.82, 2.24) is 9.97 Å². The van der Waals surface area contributed by atoms with E-state index in [1.165, 1.54) is 6.20 Å². The number of aromatic amines is 1. The molecule has 0 unspecified atom stereocenters. The van der Waals surface area contributed by atoms with Gasteiger partial charge in [0.25, 0.3) is 15.6 Å². The van der Waals surface area contributed by atoms with Gasteiger partial charge in [0, 0.05) is 12.4 Å². The number of sulfonamides is 1. The Morgan fingerprint density at radius 1 is 1.42 bits per heavy atom. The van der Waals surface area contributed by atoms with Gasteiger partial charge in [0.1, 0.15) is 9.92 Å². The van der Waals surface area contributed by atoms with Crippen LogP contribution in [0.2, 0.25) is 5.02 Å². The fourth-order valence-corrected chi connectivity index (χ4v) is 2.98. The molecule has 0 aliphatic heterocycles. The topological polar surface area (TPSA) is 91.9 Å². The van der Waals surface area contributed by atoms with E-state index in [0.29, 0.717) is 4.47 Å². The molecular formula is C10H7BrClN3O3S. The van der Waals surface area contributed by atoms with Crippen LogP contribution < -0.4 is 10.3 Å². The number of H-pyrrole nitrogens is 1. The van der Waals surface area contributed by atoms with E-state index in [4.69, 9.17) is 11.6 Å². The van der Waals surface area contributed by atoms with E-state index in [1.807, 2.05) is 0 Å². The van der Waals surface area contributed by atoms with Crippen molar-refractivity contribution >= 4 is 43.4 Å². The molecule has 0 atom stereocenters. The molecule has 0 radical (unpaired) electrons. The number of aromatic nitrogens is 2. The van der Waals surface area contributed by atoms with Crippen LogP contribution in [0.5, 0.6) is 0 Å². The van der Waals surface area contributed by atoms with Crippen molar-refractivity contribution in [2.45, 2.75) is 4.90 Å². The second kappa shape index (κ2) is 5.32. The number of hydrogen-bond acceptors (Lipinski definition) is 4. The predicted octanol–water partition coefficient (Wildman–Crippen LogP) is 1.99. The summed E-state index contributed by atoms with van der Waals surface area (Å²) < 4.78 is 26.9. The highest BCUT2D eigenvalue weighted by atomic mass is 79.9. The maximum atomic E-state index is 12.1. The second-order valence-electron chi connectivity index (χ2n) is 3.45. The van der Waals surface area contributed by atoms with E-state index >= 15 is 0 Å². The average molecular weight is 365 g/mol. The van der Waals surface area contributed by atoms with Crippen molar-refractivity contribution in [3.63, 3.8) is 0 Å². The number of nitrogens with zero attached hydrogens (tertiary/aromatic N) is 1. The van der Waals surface area contributed by atoms with E-state index in [1.54, 1.807) is 12.1 Å². The Morgan fingerprint density at radius 2 is 2.16 bits per heavy atom. The molecule has 0 aromatic carbocycles. The number of nitrogens with one attached hydrogen (secondary N) is 2. The first kappa shape index (κ1) is 14.0. The van der Waals surface area contributed by atoms with Gasteiger partial charge in [-0.15, -0.1) is 0 Å². The molecule has 2 rings (SSSR count). The summed E-state index contributed by atoms with van der Waals surface area (Å²) in [5, 5.41) is -0.206. The highest BCUT2D eigenvalue weighted by Gasteiger charge is 2.17. The Kier molecular flexibility index (Phi) is 3.93. The van der Waals surface area contributed by atoms with Crippen LogP contribution in [-0.2, 0) is 10.0 Å². The summed E-state index contributed by atoms with van der Waals surface area (Å²) >= 11 is 8.77. The fraction of sp³-hybridized carbons (Fsp3) is 0. The molecule has 0 saturated carbocycles. The largest absolute Gasteiger partial charge is 0.326 e. The van der Waals surface area contributed by atoms with Gasteiger partial charge in [-0.25, -0.2) is 13.4 Å². The smallest absolute Gasteiger partial charge is 0.266 e. The molecule has 2 heterocycles. The van der Waals surface area contributed by atoms with Crippen molar-refractivity contribution in [2.75, 3.05) is 4.72 Å². The summed E-state index contributed by atoms with van der Waals surface area (Å²) in [5.41, 5.74) is -0.556. The van der Waals surface area contributed by atoms with Gasteiger partial charge in [0.15, 0.2) is 5.82 Å². The first-order valence-corrected chi connectivity index (χ1v) is 7.57. The van der Waals surface area contributed by atoms with E-state index in [9.17, 15) is 13.2 Å². The van der Waals surface area contributed by atoms with Crippen LogP contribution in [-0.4, -0.2) is 18.4 Å². The van der Waals surface area contributed by atoms with Crippen LogP contribution in [0.3, 0.4) is 0 Å². The molecular weight excluding hydrogens is 358 g/mol. The standard InChI is InChI=1S/C10H7BrClN3O3S/c11-7-2-1-3-13-9(7)15-19(17,18)6-4-8(12)10(16)14-5-6/h1-5H,(H,13,15)(H,14,16). The van der Waals surface area contributed by atoms with Crippen LogP contribution in [0, 0.1) is 0 Å². The lowest BCUT2D eigenvalue weighted by molar-refractivity contribution is 0.600. The molecule has 0 aliphatic rings. The maximum Gasteiger partial charge on any atom is 0.266 e. The third-order valence-electron chi connectivity index (χ3n) is 2.13. The average Bonchev–Trinajstić information content (AvgIpc) is 2.35. The minimum Gasteiger partial charge on any atom is -0.326 e. The van der Waals surface area contributed by atoms with Crippen LogP contribution in [0.25, 0.3) is 0 Å². The van der Waals surface area contributed by atoms with Gasteiger partial charge in [0.2, 0.25) is 0 Å². The van der Waals surface area contributed by atoms with Crippen molar-refractivity contribution in [3.8, 4) is 0 Å². The molecule has 0 aliphatic carbocycles. The zero-order valence-electron chi connectivity index (χ0n) is 9.22. The SMILES string of the molecule is O=c1[nH]cc(S(=O)(=O)Nc2ncccc2Br)cc1Cl. The lowest BCUT2D eigenvalue weighted by atomic mass is 10.5. The number of anilines is 1. The van der Waals surface area contributed by atoms with Crippen molar-refractivity contribution in [1.29, 1.82) is 0 Å². The minimum atomic E-state index is -3.87. The van der Waals surface area contributed by atoms with Gasteiger partial charge in [-0.3, -0.25) is 9.52 Å². The zero-order chi connectivity index (χ0) is 14.0. The van der Waals surface area contributed by atoms with Crippen LogP contribution in [0.1, 0.15) is 0 Å². The van der Waals surface area contributed by atoms with Gasteiger partial charge in [-0.05, 0) is 34.1 Å². The Labute approximate surface area is 122 Å². The van der Waals surface area contributed by atoms with Gasteiger partial charge in [-0.2, -0.15) is 0 Å². The molecule has 0 fully saturated rings. The molecule has 19 heavy (non-hydrogen) atoms. The summed E-state index contributed by atoms with van der Waals surface area (Å²) in [7, 11) is -3.87. The molecule has 0 amide bonds. The second-order valence-corrected chi connectivity index (χ2v) is 6.40. The Morgan fingerprint density at radius 3 is 2.79 bits per heavy atom. The molecule has 9 heteroatoms. The highest BCUT2D eigenvalue weighted by molar-refractivity contribution is 9.10. The fourth-order valence-electron chi connectivity index (χ4n) is 1.24. The summed E-state index contributed by atoms with van der Waals surface area (Å²) in [6.45, 7) is 0. The Hall–Kier alpha value is -1.38. The summed E-state index contributed by atoms with van der Waals surface area (Å²) in [6, 6.07) is 4.36. The van der Waals surface area contributed by atoms with Crippen LogP contribution >= 0.6 is 27.5 Å². The first-order valence-electron chi connectivity index (χ1n) is 4.92. The molecule has 2 aromatic heterocycles. The lowest BCUT2D eigenvalue weighted by Gasteiger charge is -2.08.